The summed E-state index contributed by atoms with van der Waals surface area (Å²) in [6.45, 7) is 4.08. The third kappa shape index (κ3) is 3.52. The first-order valence-electron chi connectivity index (χ1n) is 8.15. The first-order chi connectivity index (χ1) is 11.9. The van der Waals surface area contributed by atoms with Crippen LogP contribution in [0.3, 0.4) is 0 Å². The lowest BCUT2D eigenvalue weighted by Crippen LogP contribution is -2.43. The van der Waals surface area contributed by atoms with E-state index in [4.69, 9.17) is 4.74 Å². The molecule has 1 atom stereocenters. The van der Waals surface area contributed by atoms with Gasteiger partial charge in [-0.25, -0.2) is 4.68 Å². The second kappa shape index (κ2) is 6.94. The summed E-state index contributed by atoms with van der Waals surface area (Å²) in [7, 11) is 0. The molecule has 3 heterocycles. The Balaban J connectivity index is 1.37. The van der Waals surface area contributed by atoms with Gasteiger partial charge in [-0.15, -0.1) is 5.10 Å². The predicted molar refractivity (Wildman–Crippen MR) is 88.6 cm³/mol. The molecule has 2 aromatic heterocycles. The SMILES string of the molecule is c1ccc(-n2cc(CN3CCOC(Cn4cccn4)C3)nn2)cc1. The van der Waals surface area contributed by atoms with Gasteiger partial charge in [-0.05, 0) is 18.2 Å². The Morgan fingerprint density at radius 1 is 1.17 bits per heavy atom. The van der Waals surface area contributed by atoms with Gasteiger partial charge in [-0.2, -0.15) is 5.10 Å². The van der Waals surface area contributed by atoms with Gasteiger partial charge in [-0.1, -0.05) is 23.4 Å². The van der Waals surface area contributed by atoms with E-state index in [1.165, 1.54) is 0 Å². The minimum atomic E-state index is 0.155. The summed E-state index contributed by atoms with van der Waals surface area (Å²) in [6.07, 6.45) is 5.91. The van der Waals surface area contributed by atoms with Crippen molar-refractivity contribution in [1.29, 1.82) is 0 Å². The number of rotatable bonds is 5. The summed E-state index contributed by atoms with van der Waals surface area (Å²) in [5, 5.41) is 12.8. The summed E-state index contributed by atoms with van der Waals surface area (Å²) >= 11 is 0. The molecule has 0 spiro atoms. The van der Waals surface area contributed by atoms with Crippen LogP contribution >= 0.6 is 0 Å². The number of ether oxygens (including phenoxy) is 1. The van der Waals surface area contributed by atoms with Gasteiger partial charge in [0, 0.05) is 32.0 Å². The molecule has 1 fully saturated rings. The molecule has 4 rings (SSSR count). The standard InChI is InChI=1S/C17H20N6O/c1-2-5-16(6-3-1)23-12-15(19-20-23)11-21-9-10-24-17(13-21)14-22-8-4-7-18-22/h1-8,12,17H,9-11,13-14H2. The first kappa shape index (κ1) is 15.0. The van der Waals surface area contributed by atoms with Crippen LogP contribution < -0.4 is 0 Å². The average molecular weight is 324 g/mol. The van der Waals surface area contributed by atoms with Gasteiger partial charge in [0.15, 0.2) is 0 Å². The summed E-state index contributed by atoms with van der Waals surface area (Å²) in [5.74, 6) is 0. The van der Waals surface area contributed by atoms with Crippen molar-refractivity contribution < 1.29 is 4.74 Å². The van der Waals surface area contributed by atoms with Gasteiger partial charge in [-0.3, -0.25) is 9.58 Å². The van der Waals surface area contributed by atoms with Crippen LogP contribution in [0.4, 0.5) is 0 Å². The number of nitrogens with zero attached hydrogens (tertiary/aromatic N) is 6. The zero-order valence-electron chi connectivity index (χ0n) is 13.4. The molecule has 0 bridgehead atoms. The molecule has 0 radical (unpaired) electrons. The molecule has 1 aliphatic rings. The van der Waals surface area contributed by atoms with E-state index < -0.39 is 0 Å². The maximum atomic E-state index is 5.85. The molecule has 1 unspecified atom stereocenters. The Kier molecular flexibility index (Phi) is 4.35. The fourth-order valence-corrected chi connectivity index (χ4v) is 2.96. The third-order valence-electron chi connectivity index (χ3n) is 4.12. The molecule has 0 aliphatic carbocycles. The fraction of sp³-hybridized carbons (Fsp3) is 0.353. The van der Waals surface area contributed by atoms with Gasteiger partial charge < -0.3 is 4.74 Å². The lowest BCUT2D eigenvalue weighted by molar-refractivity contribution is -0.0405. The average Bonchev–Trinajstić information content (AvgIpc) is 3.28. The Bertz CT molecular complexity index is 755. The summed E-state index contributed by atoms with van der Waals surface area (Å²) in [4.78, 5) is 2.36. The zero-order chi connectivity index (χ0) is 16.2. The maximum Gasteiger partial charge on any atom is 0.0971 e. The molecule has 1 aliphatic heterocycles. The van der Waals surface area contributed by atoms with Crippen LogP contribution in [0.5, 0.6) is 0 Å². The van der Waals surface area contributed by atoms with Crippen molar-refractivity contribution >= 4 is 0 Å². The minimum Gasteiger partial charge on any atom is -0.374 e. The zero-order valence-corrected chi connectivity index (χ0v) is 13.4. The number of aromatic nitrogens is 5. The Hall–Kier alpha value is -2.51. The van der Waals surface area contributed by atoms with E-state index >= 15 is 0 Å². The number of benzene rings is 1. The van der Waals surface area contributed by atoms with Crippen LogP contribution in [0.15, 0.2) is 55.0 Å². The van der Waals surface area contributed by atoms with Crippen molar-refractivity contribution in [3.63, 3.8) is 0 Å². The highest BCUT2D eigenvalue weighted by molar-refractivity contribution is 5.29. The van der Waals surface area contributed by atoms with Crippen LogP contribution in [-0.4, -0.2) is 55.5 Å². The largest absolute Gasteiger partial charge is 0.374 e. The summed E-state index contributed by atoms with van der Waals surface area (Å²) in [5.41, 5.74) is 1.99. The minimum absolute atomic E-state index is 0.155. The Morgan fingerprint density at radius 2 is 2.08 bits per heavy atom. The van der Waals surface area contributed by atoms with Crippen molar-refractivity contribution in [2.75, 3.05) is 19.7 Å². The number of para-hydroxylation sites is 1. The number of morpholine rings is 1. The van der Waals surface area contributed by atoms with Crippen molar-refractivity contribution in [3.05, 3.63) is 60.7 Å². The molecular weight excluding hydrogens is 304 g/mol. The predicted octanol–water partition coefficient (Wildman–Crippen LogP) is 1.36. The molecule has 7 heteroatoms. The highest BCUT2D eigenvalue weighted by atomic mass is 16.5. The second-order valence-electron chi connectivity index (χ2n) is 5.95. The van der Waals surface area contributed by atoms with Crippen LogP contribution in [0, 0.1) is 0 Å². The van der Waals surface area contributed by atoms with E-state index in [9.17, 15) is 0 Å². The Labute approximate surface area is 140 Å². The third-order valence-corrected chi connectivity index (χ3v) is 4.12. The molecule has 0 N–H and O–H groups in total. The van der Waals surface area contributed by atoms with Crippen LogP contribution in [0.25, 0.3) is 5.69 Å². The van der Waals surface area contributed by atoms with E-state index in [2.05, 4.69) is 20.3 Å². The van der Waals surface area contributed by atoms with E-state index in [1.807, 2.05) is 58.2 Å². The van der Waals surface area contributed by atoms with E-state index in [1.54, 1.807) is 6.20 Å². The molecule has 124 valence electrons. The van der Waals surface area contributed by atoms with Crippen molar-refractivity contribution in [2.45, 2.75) is 19.2 Å². The molecular formula is C17H20N6O. The second-order valence-corrected chi connectivity index (χ2v) is 5.95. The van der Waals surface area contributed by atoms with E-state index in [0.29, 0.717) is 0 Å². The molecule has 24 heavy (non-hydrogen) atoms. The van der Waals surface area contributed by atoms with E-state index in [0.717, 1.165) is 44.2 Å². The highest BCUT2D eigenvalue weighted by Gasteiger charge is 2.22. The van der Waals surface area contributed by atoms with E-state index in [-0.39, 0.29) is 6.10 Å². The normalized spacial score (nSPS) is 18.8. The molecule has 7 nitrogen and oxygen atoms in total. The highest BCUT2D eigenvalue weighted by Crippen LogP contribution is 2.12. The monoisotopic (exact) mass is 324 g/mol. The van der Waals surface area contributed by atoms with Gasteiger partial charge >= 0.3 is 0 Å². The molecule has 0 saturated carbocycles. The van der Waals surface area contributed by atoms with Gasteiger partial charge in [0.1, 0.15) is 0 Å². The molecule has 1 saturated heterocycles. The van der Waals surface area contributed by atoms with Crippen molar-refractivity contribution in [1.82, 2.24) is 29.7 Å². The van der Waals surface area contributed by atoms with Gasteiger partial charge in [0.05, 0.1) is 36.8 Å². The maximum absolute atomic E-state index is 5.85. The van der Waals surface area contributed by atoms with Gasteiger partial charge in [0.25, 0.3) is 0 Å². The topological polar surface area (TPSA) is 61.0 Å². The Morgan fingerprint density at radius 3 is 2.92 bits per heavy atom. The lowest BCUT2D eigenvalue weighted by atomic mass is 10.2. The fourth-order valence-electron chi connectivity index (χ4n) is 2.96. The number of hydrogen-bond acceptors (Lipinski definition) is 5. The quantitative estimate of drug-likeness (QED) is 0.709. The first-order valence-corrected chi connectivity index (χ1v) is 8.15. The lowest BCUT2D eigenvalue weighted by Gasteiger charge is -2.32. The van der Waals surface area contributed by atoms with Crippen LogP contribution in [0.2, 0.25) is 0 Å². The smallest absolute Gasteiger partial charge is 0.0971 e. The number of hydrogen-bond donors (Lipinski definition) is 0. The summed E-state index contributed by atoms with van der Waals surface area (Å²) < 4.78 is 9.58. The van der Waals surface area contributed by atoms with Crippen LogP contribution in [-0.2, 0) is 17.8 Å². The summed E-state index contributed by atoms with van der Waals surface area (Å²) in [6, 6.07) is 12.0. The molecule has 0 amide bonds. The van der Waals surface area contributed by atoms with Crippen molar-refractivity contribution in [3.8, 4) is 5.69 Å². The van der Waals surface area contributed by atoms with Crippen LogP contribution in [0.1, 0.15) is 5.69 Å². The molecule has 3 aromatic rings. The van der Waals surface area contributed by atoms with Gasteiger partial charge in [0.2, 0.25) is 0 Å². The molecule has 1 aromatic carbocycles. The van der Waals surface area contributed by atoms with Crippen molar-refractivity contribution in [2.24, 2.45) is 0 Å².